The van der Waals surface area contributed by atoms with E-state index in [1.807, 2.05) is 12.1 Å². The second kappa shape index (κ2) is 8.68. The van der Waals surface area contributed by atoms with Gasteiger partial charge in [0.2, 0.25) is 0 Å². The van der Waals surface area contributed by atoms with Crippen molar-refractivity contribution in [1.29, 1.82) is 0 Å². The highest BCUT2D eigenvalue weighted by atomic mass is 35.5. The first-order valence-corrected chi connectivity index (χ1v) is 10.1. The van der Waals surface area contributed by atoms with Crippen LogP contribution in [-0.4, -0.2) is 33.2 Å². The van der Waals surface area contributed by atoms with Crippen LogP contribution in [0, 0.1) is 10.1 Å². The van der Waals surface area contributed by atoms with Crippen LogP contribution in [0.5, 0.6) is 0 Å². The highest BCUT2D eigenvalue weighted by molar-refractivity contribution is 6.46. The van der Waals surface area contributed by atoms with Crippen molar-refractivity contribution in [2.75, 3.05) is 6.54 Å². The molecule has 1 aliphatic heterocycles. The molecule has 0 spiro atoms. The van der Waals surface area contributed by atoms with E-state index < -0.39 is 28.4 Å². The van der Waals surface area contributed by atoms with Crippen molar-refractivity contribution < 1.29 is 24.0 Å². The van der Waals surface area contributed by atoms with Gasteiger partial charge < -0.3 is 14.4 Å². The number of aliphatic hydroxyl groups excluding tert-OH is 1. The number of likely N-dealkylation sites (tertiary alicyclic amines) is 1. The molecule has 1 fully saturated rings. The Hall–Kier alpha value is -3.91. The highest BCUT2D eigenvalue weighted by Crippen LogP contribution is 2.40. The average Bonchev–Trinajstić information content (AvgIpc) is 3.40. The Labute approximate surface area is 187 Å². The second-order valence-corrected chi connectivity index (χ2v) is 7.63. The Morgan fingerprint density at radius 1 is 1.12 bits per heavy atom. The number of ketones is 1. The number of hydrogen-bond acceptors (Lipinski definition) is 6. The Morgan fingerprint density at radius 3 is 2.53 bits per heavy atom. The van der Waals surface area contributed by atoms with E-state index in [0.29, 0.717) is 17.2 Å². The SMILES string of the molecule is O=C1C(=O)N(CCc2ccc(Cl)cc2)C(c2ccco2)/C1=C(/O)c1cccc([N+](=O)[O-])c1. The molecular weight excluding hydrogens is 436 g/mol. The minimum absolute atomic E-state index is 0.0615. The van der Waals surface area contributed by atoms with Gasteiger partial charge in [-0.3, -0.25) is 19.7 Å². The predicted octanol–water partition coefficient (Wildman–Crippen LogP) is 4.51. The Bertz CT molecular complexity index is 1220. The van der Waals surface area contributed by atoms with E-state index >= 15 is 0 Å². The maximum Gasteiger partial charge on any atom is 0.295 e. The van der Waals surface area contributed by atoms with Gasteiger partial charge in [0.15, 0.2) is 0 Å². The third-order valence-electron chi connectivity index (χ3n) is 5.24. The summed E-state index contributed by atoms with van der Waals surface area (Å²) in [4.78, 5) is 37.6. The zero-order valence-corrected chi connectivity index (χ0v) is 17.4. The number of rotatable bonds is 6. The van der Waals surface area contributed by atoms with Gasteiger partial charge in [-0.15, -0.1) is 0 Å². The molecule has 162 valence electrons. The molecule has 1 aromatic heterocycles. The van der Waals surface area contributed by atoms with Crippen LogP contribution in [0.15, 0.2) is 76.9 Å². The molecule has 32 heavy (non-hydrogen) atoms. The Morgan fingerprint density at radius 2 is 1.88 bits per heavy atom. The number of carbonyl (C=O) groups is 2. The van der Waals surface area contributed by atoms with Crippen molar-refractivity contribution in [3.63, 3.8) is 0 Å². The fourth-order valence-corrected chi connectivity index (χ4v) is 3.80. The molecule has 0 saturated carbocycles. The number of Topliss-reactive ketones (excluding diaryl/α,β-unsaturated/α-hetero) is 1. The summed E-state index contributed by atoms with van der Waals surface area (Å²) in [6.45, 7) is 0.184. The quantitative estimate of drug-likeness (QED) is 0.193. The van der Waals surface area contributed by atoms with E-state index in [1.54, 1.807) is 24.3 Å². The number of amides is 1. The number of nitrogens with zero attached hydrogens (tertiary/aromatic N) is 2. The monoisotopic (exact) mass is 452 g/mol. The zero-order chi connectivity index (χ0) is 22.8. The van der Waals surface area contributed by atoms with E-state index in [9.17, 15) is 24.8 Å². The van der Waals surface area contributed by atoms with Gasteiger partial charge in [-0.05, 0) is 36.2 Å². The maximum absolute atomic E-state index is 12.9. The number of non-ortho nitro benzene ring substituents is 1. The lowest BCUT2D eigenvalue weighted by Gasteiger charge is -2.23. The molecule has 2 heterocycles. The third kappa shape index (κ3) is 4.00. The van der Waals surface area contributed by atoms with Crippen LogP contribution in [-0.2, 0) is 16.0 Å². The lowest BCUT2D eigenvalue weighted by molar-refractivity contribution is -0.384. The number of nitro benzene ring substituents is 1. The molecule has 2 aromatic carbocycles. The summed E-state index contributed by atoms with van der Waals surface area (Å²) in [6, 6.07) is 14.6. The molecule has 0 radical (unpaired) electrons. The number of carbonyl (C=O) groups excluding carboxylic acids is 2. The molecule has 1 aliphatic rings. The summed E-state index contributed by atoms with van der Waals surface area (Å²) in [5.41, 5.74) is 0.543. The maximum atomic E-state index is 12.9. The highest BCUT2D eigenvalue weighted by Gasteiger charge is 2.47. The number of benzene rings is 2. The third-order valence-corrected chi connectivity index (χ3v) is 5.49. The van der Waals surface area contributed by atoms with Gasteiger partial charge in [-0.2, -0.15) is 0 Å². The minimum atomic E-state index is -0.962. The first kappa shape index (κ1) is 21.3. The molecule has 1 N–H and O–H groups in total. The van der Waals surface area contributed by atoms with Gasteiger partial charge >= 0.3 is 0 Å². The van der Waals surface area contributed by atoms with Gasteiger partial charge in [0.05, 0.1) is 16.8 Å². The fourth-order valence-electron chi connectivity index (χ4n) is 3.68. The molecule has 1 unspecified atom stereocenters. The van der Waals surface area contributed by atoms with Crippen LogP contribution in [0.2, 0.25) is 5.02 Å². The normalized spacial score (nSPS) is 17.7. The lowest BCUT2D eigenvalue weighted by atomic mass is 9.99. The van der Waals surface area contributed by atoms with Crippen LogP contribution in [0.4, 0.5) is 5.69 Å². The molecule has 1 amide bonds. The van der Waals surface area contributed by atoms with Gasteiger partial charge in [0, 0.05) is 29.3 Å². The van der Waals surface area contributed by atoms with E-state index in [-0.39, 0.29) is 23.4 Å². The summed E-state index contributed by atoms with van der Waals surface area (Å²) >= 11 is 5.92. The summed E-state index contributed by atoms with van der Waals surface area (Å²) in [5.74, 6) is -1.87. The smallest absolute Gasteiger partial charge is 0.295 e. The fraction of sp³-hybridized carbons (Fsp3) is 0.130. The molecule has 9 heteroatoms. The number of halogens is 1. The number of nitro groups is 1. The first-order chi connectivity index (χ1) is 15.4. The summed E-state index contributed by atoms with van der Waals surface area (Å²) in [7, 11) is 0. The van der Waals surface area contributed by atoms with Crippen molar-refractivity contribution in [2.24, 2.45) is 0 Å². The average molecular weight is 453 g/mol. The van der Waals surface area contributed by atoms with Gasteiger partial charge in [-0.25, -0.2) is 0 Å². The van der Waals surface area contributed by atoms with Crippen LogP contribution in [0.1, 0.15) is 22.9 Å². The van der Waals surface area contributed by atoms with Crippen molar-refractivity contribution in [3.05, 3.63) is 105 Å². The molecule has 8 nitrogen and oxygen atoms in total. The van der Waals surface area contributed by atoms with Crippen LogP contribution >= 0.6 is 11.6 Å². The molecule has 4 rings (SSSR count). The Balaban J connectivity index is 1.74. The van der Waals surface area contributed by atoms with E-state index in [4.69, 9.17) is 16.0 Å². The van der Waals surface area contributed by atoms with E-state index in [1.165, 1.54) is 29.4 Å². The summed E-state index contributed by atoms with van der Waals surface area (Å²) in [5, 5.41) is 22.6. The number of hydrogen-bond donors (Lipinski definition) is 1. The first-order valence-electron chi connectivity index (χ1n) is 9.68. The topological polar surface area (TPSA) is 114 Å². The molecule has 0 bridgehead atoms. The van der Waals surface area contributed by atoms with Crippen molar-refractivity contribution in [1.82, 2.24) is 4.90 Å². The van der Waals surface area contributed by atoms with E-state index in [2.05, 4.69) is 0 Å². The van der Waals surface area contributed by atoms with Crippen molar-refractivity contribution in [2.45, 2.75) is 12.5 Å². The zero-order valence-electron chi connectivity index (χ0n) is 16.6. The molecule has 1 atom stereocenters. The molecule has 3 aromatic rings. The predicted molar refractivity (Wildman–Crippen MR) is 116 cm³/mol. The van der Waals surface area contributed by atoms with Crippen LogP contribution in [0.25, 0.3) is 5.76 Å². The Kier molecular flexibility index (Phi) is 5.79. The number of furan rings is 1. The van der Waals surface area contributed by atoms with E-state index in [0.717, 1.165) is 11.6 Å². The summed E-state index contributed by atoms with van der Waals surface area (Å²) < 4.78 is 5.47. The molecule has 1 saturated heterocycles. The van der Waals surface area contributed by atoms with Gasteiger partial charge in [0.25, 0.3) is 17.4 Å². The van der Waals surface area contributed by atoms with Crippen LogP contribution < -0.4 is 0 Å². The van der Waals surface area contributed by atoms with Gasteiger partial charge in [-0.1, -0.05) is 35.9 Å². The summed E-state index contributed by atoms with van der Waals surface area (Å²) in [6.07, 6.45) is 1.85. The standard InChI is InChI=1S/C23H17ClN2O6/c24-16-8-6-14(7-9-16)10-11-25-20(18-5-2-12-32-18)19(22(28)23(25)29)21(27)15-3-1-4-17(13-15)26(30)31/h1-9,12-13,20,27H,10-11H2/b21-19-. The second-order valence-electron chi connectivity index (χ2n) is 7.19. The van der Waals surface area contributed by atoms with Gasteiger partial charge in [0.1, 0.15) is 17.6 Å². The minimum Gasteiger partial charge on any atom is -0.507 e. The molecule has 0 aliphatic carbocycles. The molecular formula is C23H17ClN2O6. The van der Waals surface area contributed by atoms with Crippen molar-refractivity contribution in [3.8, 4) is 0 Å². The largest absolute Gasteiger partial charge is 0.507 e. The van der Waals surface area contributed by atoms with Crippen molar-refractivity contribution >= 4 is 34.7 Å². The lowest BCUT2D eigenvalue weighted by Crippen LogP contribution is -2.31. The van der Waals surface area contributed by atoms with Crippen LogP contribution in [0.3, 0.4) is 0 Å². The number of aliphatic hydroxyl groups is 1.